The summed E-state index contributed by atoms with van der Waals surface area (Å²) in [6.45, 7) is 13.1. The van der Waals surface area contributed by atoms with Crippen LogP contribution in [0.1, 0.15) is 58.3 Å². The lowest BCUT2D eigenvalue weighted by Gasteiger charge is -2.27. The summed E-state index contributed by atoms with van der Waals surface area (Å²) in [6, 6.07) is 0. The van der Waals surface area contributed by atoms with Gasteiger partial charge >= 0.3 is 0 Å². The third-order valence-electron chi connectivity index (χ3n) is 2.54. The molecule has 1 heterocycles. The monoisotopic (exact) mass is 241 g/mol. The predicted octanol–water partition coefficient (Wildman–Crippen LogP) is 4.17. The van der Waals surface area contributed by atoms with Gasteiger partial charge in [0.2, 0.25) is 0 Å². The molecule has 1 atom stereocenters. The Morgan fingerprint density at radius 2 is 1.75 bits per heavy atom. The molecule has 0 spiro atoms. The van der Waals surface area contributed by atoms with Crippen LogP contribution in [-0.4, -0.2) is 12.1 Å². The number of thiazole rings is 1. The van der Waals surface area contributed by atoms with E-state index >= 15 is 0 Å². The summed E-state index contributed by atoms with van der Waals surface area (Å²) >= 11 is 1.70. The average molecular weight is 241 g/mol. The molecule has 2 nitrogen and oxygen atoms in total. The summed E-state index contributed by atoms with van der Waals surface area (Å²) in [5.41, 5.74) is 1.35. The second-order valence-corrected chi connectivity index (χ2v) is 7.19. The van der Waals surface area contributed by atoms with Crippen molar-refractivity contribution in [1.29, 1.82) is 0 Å². The number of methoxy groups -OCH3 is 1. The highest BCUT2D eigenvalue weighted by atomic mass is 32.1. The number of hydrogen-bond acceptors (Lipinski definition) is 3. The Balaban J connectivity index is 3.01. The zero-order valence-corrected chi connectivity index (χ0v) is 12.2. The molecule has 1 aromatic rings. The Kier molecular flexibility index (Phi) is 3.80. The van der Waals surface area contributed by atoms with Crippen LogP contribution in [-0.2, 0) is 10.2 Å². The summed E-state index contributed by atoms with van der Waals surface area (Å²) in [6.07, 6.45) is 0.0774. The van der Waals surface area contributed by atoms with E-state index in [0.717, 1.165) is 10.7 Å². The molecule has 0 saturated heterocycles. The van der Waals surface area contributed by atoms with Crippen LogP contribution in [0.2, 0.25) is 0 Å². The maximum absolute atomic E-state index is 5.57. The molecule has 0 aliphatic rings. The van der Waals surface area contributed by atoms with Gasteiger partial charge in [-0.15, -0.1) is 11.3 Å². The quantitative estimate of drug-likeness (QED) is 0.775. The first kappa shape index (κ1) is 13.7. The van der Waals surface area contributed by atoms with Crippen molar-refractivity contribution in [3.63, 3.8) is 0 Å². The first-order chi connectivity index (χ1) is 7.16. The Hall–Kier alpha value is -0.410. The van der Waals surface area contributed by atoms with Crippen molar-refractivity contribution < 1.29 is 4.74 Å². The van der Waals surface area contributed by atoms with Gasteiger partial charge < -0.3 is 4.74 Å². The molecule has 1 aromatic heterocycles. The third kappa shape index (κ3) is 3.05. The van der Waals surface area contributed by atoms with Crippen LogP contribution < -0.4 is 0 Å². The van der Waals surface area contributed by atoms with Crippen LogP contribution in [0.25, 0.3) is 0 Å². The summed E-state index contributed by atoms with van der Waals surface area (Å²) in [5.74, 6) is 0. The summed E-state index contributed by atoms with van der Waals surface area (Å²) in [5, 5.41) is 3.23. The van der Waals surface area contributed by atoms with Crippen LogP contribution in [0.3, 0.4) is 0 Å². The molecule has 1 unspecified atom stereocenters. The maximum Gasteiger partial charge on any atom is 0.122 e. The minimum absolute atomic E-state index is 0.0774. The molecule has 0 fully saturated rings. The smallest absolute Gasteiger partial charge is 0.122 e. The van der Waals surface area contributed by atoms with Crippen molar-refractivity contribution in [2.24, 2.45) is 5.41 Å². The van der Waals surface area contributed by atoms with Crippen LogP contribution in [0.15, 0.2) is 5.38 Å². The molecule has 0 aliphatic carbocycles. The van der Waals surface area contributed by atoms with Gasteiger partial charge in [-0.05, 0) is 5.41 Å². The van der Waals surface area contributed by atoms with Gasteiger partial charge in [-0.3, -0.25) is 0 Å². The molecule has 92 valence electrons. The van der Waals surface area contributed by atoms with E-state index in [2.05, 4.69) is 46.9 Å². The third-order valence-corrected chi connectivity index (χ3v) is 3.42. The highest BCUT2D eigenvalue weighted by molar-refractivity contribution is 7.09. The normalized spacial score (nSPS) is 15.2. The van der Waals surface area contributed by atoms with E-state index in [-0.39, 0.29) is 16.9 Å². The molecular formula is C13H23NOS. The summed E-state index contributed by atoms with van der Waals surface area (Å²) < 4.78 is 5.57. The van der Waals surface area contributed by atoms with Gasteiger partial charge in [-0.2, -0.15) is 0 Å². The fourth-order valence-corrected chi connectivity index (χ4v) is 2.94. The van der Waals surface area contributed by atoms with Crippen LogP contribution in [0.5, 0.6) is 0 Å². The lowest BCUT2D eigenvalue weighted by molar-refractivity contribution is 0.0149. The average Bonchev–Trinajstić information content (AvgIpc) is 2.50. The van der Waals surface area contributed by atoms with Crippen LogP contribution in [0, 0.1) is 5.41 Å². The topological polar surface area (TPSA) is 22.1 Å². The van der Waals surface area contributed by atoms with Crippen molar-refractivity contribution in [3.8, 4) is 0 Å². The van der Waals surface area contributed by atoms with Crippen molar-refractivity contribution >= 4 is 11.3 Å². The molecule has 0 aliphatic heterocycles. The fraction of sp³-hybridized carbons (Fsp3) is 0.769. The molecule has 0 amide bonds. The zero-order chi connectivity index (χ0) is 12.6. The molecule has 0 bridgehead atoms. The first-order valence-electron chi connectivity index (χ1n) is 5.65. The van der Waals surface area contributed by atoms with Crippen LogP contribution in [0.4, 0.5) is 0 Å². The van der Waals surface area contributed by atoms with Gasteiger partial charge in [0.25, 0.3) is 0 Å². The highest BCUT2D eigenvalue weighted by Gasteiger charge is 2.30. The van der Waals surface area contributed by atoms with Gasteiger partial charge in [0.15, 0.2) is 0 Å². The van der Waals surface area contributed by atoms with Gasteiger partial charge in [0.05, 0.1) is 5.69 Å². The number of rotatable bonds is 2. The van der Waals surface area contributed by atoms with E-state index in [1.54, 1.807) is 18.4 Å². The molecule has 0 saturated carbocycles. The predicted molar refractivity (Wildman–Crippen MR) is 70.0 cm³/mol. The van der Waals surface area contributed by atoms with Crippen molar-refractivity contribution in [3.05, 3.63) is 16.1 Å². The van der Waals surface area contributed by atoms with Crippen LogP contribution >= 0.6 is 11.3 Å². The van der Waals surface area contributed by atoms with Gasteiger partial charge in [-0.25, -0.2) is 4.98 Å². The Labute approximate surface area is 103 Å². The second kappa shape index (κ2) is 4.46. The van der Waals surface area contributed by atoms with E-state index in [9.17, 15) is 0 Å². The minimum Gasteiger partial charge on any atom is -0.374 e. The summed E-state index contributed by atoms with van der Waals surface area (Å²) in [7, 11) is 1.76. The first-order valence-corrected chi connectivity index (χ1v) is 6.53. The van der Waals surface area contributed by atoms with E-state index in [4.69, 9.17) is 9.72 Å². The lowest BCUT2D eigenvalue weighted by atomic mass is 9.89. The SMILES string of the molecule is COC(c1nc(C(C)(C)C)cs1)C(C)(C)C. The maximum atomic E-state index is 5.57. The van der Waals surface area contributed by atoms with Gasteiger partial charge in [0.1, 0.15) is 11.1 Å². The molecule has 0 aromatic carbocycles. The molecule has 0 N–H and O–H groups in total. The van der Waals surface area contributed by atoms with E-state index in [1.807, 2.05) is 0 Å². The van der Waals surface area contributed by atoms with Gasteiger partial charge in [-0.1, -0.05) is 41.5 Å². The Bertz CT molecular complexity index is 344. The molecule has 0 radical (unpaired) electrons. The highest BCUT2D eigenvalue weighted by Crippen LogP contribution is 2.38. The molecule has 16 heavy (non-hydrogen) atoms. The Morgan fingerprint density at radius 1 is 1.19 bits per heavy atom. The minimum atomic E-state index is 0.0774. The number of hydrogen-bond donors (Lipinski definition) is 0. The number of aromatic nitrogens is 1. The van der Waals surface area contributed by atoms with E-state index < -0.39 is 0 Å². The number of ether oxygens (including phenoxy) is 1. The largest absolute Gasteiger partial charge is 0.374 e. The second-order valence-electron chi connectivity index (χ2n) is 6.30. The molecular weight excluding hydrogens is 218 g/mol. The molecule has 1 rings (SSSR count). The van der Waals surface area contributed by atoms with Gasteiger partial charge in [0, 0.05) is 17.9 Å². The summed E-state index contributed by atoms with van der Waals surface area (Å²) in [4.78, 5) is 4.71. The van der Waals surface area contributed by atoms with E-state index in [1.165, 1.54) is 0 Å². The lowest BCUT2D eigenvalue weighted by Crippen LogP contribution is -2.20. The fourth-order valence-electron chi connectivity index (χ4n) is 1.58. The van der Waals surface area contributed by atoms with Crippen molar-refractivity contribution in [2.45, 2.75) is 53.1 Å². The zero-order valence-electron chi connectivity index (χ0n) is 11.4. The Morgan fingerprint density at radius 3 is 2.06 bits per heavy atom. The van der Waals surface area contributed by atoms with Crippen molar-refractivity contribution in [2.75, 3.05) is 7.11 Å². The molecule has 3 heteroatoms. The van der Waals surface area contributed by atoms with Crippen molar-refractivity contribution in [1.82, 2.24) is 4.98 Å². The van der Waals surface area contributed by atoms with E-state index in [0.29, 0.717) is 0 Å². The standard InChI is InChI=1S/C13H23NOS/c1-12(2,3)9-8-16-11(14-9)10(15-7)13(4,5)6/h8,10H,1-7H3. The number of nitrogens with zero attached hydrogens (tertiary/aromatic N) is 1.